The van der Waals surface area contributed by atoms with Crippen molar-refractivity contribution in [1.29, 1.82) is 0 Å². The van der Waals surface area contributed by atoms with Crippen molar-refractivity contribution in [2.75, 3.05) is 5.43 Å². The predicted octanol–water partition coefficient (Wildman–Crippen LogP) is 2.48. The molecular formula is C10H10ClN3. The van der Waals surface area contributed by atoms with E-state index in [0.717, 1.165) is 16.5 Å². The van der Waals surface area contributed by atoms with Gasteiger partial charge in [-0.15, -0.1) is 0 Å². The molecular weight excluding hydrogens is 198 g/mol. The Morgan fingerprint density at radius 1 is 1.29 bits per heavy atom. The molecule has 2 aromatic rings. The van der Waals surface area contributed by atoms with Crippen molar-refractivity contribution in [3.63, 3.8) is 0 Å². The van der Waals surface area contributed by atoms with Crippen LogP contribution < -0.4 is 11.3 Å². The lowest BCUT2D eigenvalue weighted by molar-refractivity contribution is 1.25. The molecule has 0 aliphatic rings. The Labute approximate surface area is 86.9 Å². The molecule has 0 amide bonds. The Kier molecular flexibility index (Phi) is 2.27. The standard InChI is InChI=1S/C10H10ClN3/c1-6-2-4-8(11)7-3-5-9(14-12)13-10(6)7/h2-5H,12H2,1H3,(H,13,14). The molecule has 1 aromatic carbocycles. The average Bonchev–Trinajstić information content (AvgIpc) is 2.23. The highest BCUT2D eigenvalue weighted by Gasteiger charge is 2.03. The Morgan fingerprint density at radius 3 is 2.79 bits per heavy atom. The van der Waals surface area contributed by atoms with Crippen molar-refractivity contribution in [1.82, 2.24) is 4.98 Å². The number of nitrogens with zero attached hydrogens (tertiary/aromatic N) is 1. The second kappa shape index (κ2) is 3.44. The summed E-state index contributed by atoms with van der Waals surface area (Å²) in [4.78, 5) is 4.33. The zero-order valence-corrected chi connectivity index (χ0v) is 8.47. The molecule has 3 nitrogen and oxygen atoms in total. The summed E-state index contributed by atoms with van der Waals surface area (Å²) in [6, 6.07) is 7.52. The van der Waals surface area contributed by atoms with Gasteiger partial charge in [0.15, 0.2) is 0 Å². The normalized spacial score (nSPS) is 10.5. The van der Waals surface area contributed by atoms with Gasteiger partial charge in [-0.1, -0.05) is 17.7 Å². The largest absolute Gasteiger partial charge is 0.308 e. The number of benzene rings is 1. The van der Waals surface area contributed by atoms with Crippen LogP contribution in [0, 0.1) is 6.92 Å². The Morgan fingerprint density at radius 2 is 2.07 bits per heavy atom. The van der Waals surface area contributed by atoms with Crippen LogP contribution in [0.15, 0.2) is 24.3 Å². The molecule has 0 radical (unpaired) electrons. The van der Waals surface area contributed by atoms with Crippen LogP contribution in [-0.2, 0) is 0 Å². The summed E-state index contributed by atoms with van der Waals surface area (Å²) >= 11 is 6.03. The summed E-state index contributed by atoms with van der Waals surface area (Å²) in [5.41, 5.74) is 4.48. The summed E-state index contributed by atoms with van der Waals surface area (Å²) in [6.45, 7) is 1.99. The van der Waals surface area contributed by atoms with Crippen LogP contribution in [0.5, 0.6) is 0 Å². The lowest BCUT2D eigenvalue weighted by Gasteiger charge is -2.05. The van der Waals surface area contributed by atoms with Gasteiger partial charge < -0.3 is 5.43 Å². The molecule has 0 fully saturated rings. The first-order chi connectivity index (χ1) is 6.72. The fourth-order valence-electron chi connectivity index (χ4n) is 1.40. The smallest absolute Gasteiger partial charge is 0.140 e. The summed E-state index contributed by atoms with van der Waals surface area (Å²) in [5.74, 6) is 5.93. The average molecular weight is 208 g/mol. The molecule has 0 saturated heterocycles. The molecule has 0 bridgehead atoms. The second-order valence-corrected chi connectivity index (χ2v) is 3.51. The number of nitrogens with one attached hydrogen (secondary N) is 1. The van der Waals surface area contributed by atoms with Crippen LogP contribution in [0.25, 0.3) is 10.9 Å². The van der Waals surface area contributed by atoms with E-state index in [1.54, 1.807) is 6.07 Å². The van der Waals surface area contributed by atoms with Gasteiger partial charge in [0.1, 0.15) is 5.82 Å². The number of aryl methyl sites for hydroxylation is 1. The zero-order valence-electron chi connectivity index (χ0n) is 7.71. The monoisotopic (exact) mass is 207 g/mol. The lowest BCUT2D eigenvalue weighted by atomic mass is 10.1. The molecule has 2 rings (SSSR count). The molecule has 14 heavy (non-hydrogen) atoms. The van der Waals surface area contributed by atoms with Gasteiger partial charge in [-0.2, -0.15) is 0 Å². The molecule has 0 spiro atoms. The maximum atomic E-state index is 6.03. The molecule has 1 aromatic heterocycles. The van der Waals surface area contributed by atoms with E-state index in [0.29, 0.717) is 10.8 Å². The fraction of sp³-hybridized carbons (Fsp3) is 0.100. The third-order valence-corrected chi connectivity index (χ3v) is 2.48. The van der Waals surface area contributed by atoms with Crippen molar-refractivity contribution in [3.8, 4) is 0 Å². The molecule has 0 aliphatic carbocycles. The van der Waals surface area contributed by atoms with Crippen LogP contribution in [0.1, 0.15) is 5.56 Å². The minimum atomic E-state index is 0.642. The SMILES string of the molecule is Cc1ccc(Cl)c2ccc(NN)nc12. The first-order valence-corrected chi connectivity index (χ1v) is 4.62. The Hall–Kier alpha value is -1.32. The number of pyridine rings is 1. The van der Waals surface area contributed by atoms with Gasteiger partial charge in [-0.3, -0.25) is 0 Å². The van der Waals surface area contributed by atoms with E-state index in [2.05, 4.69) is 10.4 Å². The quantitative estimate of drug-likeness (QED) is 0.558. The molecule has 3 N–H and O–H groups in total. The number of hydrazine groups is 1. The number of hydrogen-bond acceptors (Lipinski definition) is 3. The van der Waals surface area contributed by atoms with Crippen molar-refractivity contribution in [3.05, 3.63) is 34.9 Å². The molecule has 72 valence electrons. The van der Waals surface area contributed by atoms with Gasteiger partial charge in [0.05, 0.1) is 5.52 Å². The van der Waals surface area contributed by atoms with E-state index >= 15 is 0 Å². The highest BCUT2D eigenvalue weighted by atomic mass is 35.5. The molecule has 0 unspecified atom stereocenters. The Bertz CT molecular complexity index is 482. The number of hydrogen-bond donors (Lipinski definition) is 2. The van der Waals surface area contributed by atoms with Gasteiger partial charge >= 0.3 is 0 Å². The minimum Gasteiger partial charge on any atom is -0.308 e. The third kappa shape index (κ3) is 1.41. The lowest BCUT2D eigenvalue weighted by Crippen LogP contribution is -2.08. The van der Waals surface area contributed by atoms with E-state index < -0.39 is 0 Å². The Balaban J connectivity index is 2.80. The molecule has 0 aliphatic heterocycles. The van der Waals surface area contributed by atoms with E-state index in [9.17, 15) is 0 Å². The number of aromatic nitrogens is 1. The molecule has 0 atom stereocenters. The van der Waals surface area contributed by atoms with E-state index in [4.69, 9.17) is 17.4 Å². The molecule has 1 heterocycles. The number of rotatable bonds is 1. The van der Waals surface area contributed by atoms with Crippen molar-refractivity contribution in [2.24, 2.45) is 5.84 Å². The van der Waals surface area contributed by atoms with Gasteiger partial charge in [-0.05, 0) is 30.7 Å². The fourth-order valence-corrected chi connectivity index (χ4v) is 1.62. The van der Waals surface area contributed by atoms with Crippen LogP contribution in [-0.4, -0.2) is 4.98 Å². The van der Waals surface area contributed by atoms with Gasteiger partial charge in [0.25, 0.3) is 0 Å². The minimum absolute atomic E-state index is 0.642. The van der Waals surface area contributed by atoms with Crippen molar-refractivity contribution in [2.45, 2.75) is 6.92 Å². The topological polar surface area (TPSA) is 50.9 Å². The van der Waals surface area contributed by atoms with Gasteiger partial charge in [-0.25, -0.2) is 10.8 Å². The third-order valence-electron chi connectivity index (χ3n) is 2.15. The maximum absolute atomic E-state index is 6.03. The number of nitrogens with two attached hydrogens (primary N) is 1. The second-order valence-electron chi connectivity index (χ2n) is 3.10. The van der Waals surface area contributed by atoms with E-state index in [1.165, 1.54) is 0 Å². The zero-order chi connectivity index (χ0) is 10.1. The number of anilines is 1. The van der Waals surface area contributed by atoms with Crippen LogP contribution >= 0.6 is 11.6 Å². The number of halogens is 1. The predicted molar refractivity (Wildman–Crippen MR) is 59.3 cm³/mol. The maximum Gasteiger partial charge on any atom is 0.140 e. The highest BCUT2D eigenvalue weighted by Crippen LogP contribution is 2.25. The summed E-state index contributed by atoms with van der Waals surface area (Å²) in [6.07, 6.45) is 0. The first kappa shape index (κ1) is 9.24. The summed E-state index contributed by atoms with van der Waals surface area (Å²) < 4.78 is 0. The van der Waals surface area contributed by atoms with E-state index in [-0.39, 0.29) is 0 Å². The van der Waals surface area contributed by atoms with Crippen LogP contribution in [0.3, 0.4) is 0 Å². The van der Waals surface area contributed by atoms with Crippen molar-refractivity contribution < 1.29 is 0 Å². The number of nitrogen functional groups attached to an aromatic ring is 1. The first-order valence-electron chi connectivity index (χ1n) is 4.25. The highest BCUT2D eigenvalue weighted by molar-refractivity contribution is 6.35. The van der Waals surface area contributed by atoms with Gasteiger partial charge in [0.2, 0.25) is 0 Å². The van der Waals surface area contributed by atoms with E-state index in [1.807, 2.05) is 25.1 Å². The molecule has 4 heteroatoms. The van der Waals surface area contributed by atoms with Crippen LogP contribution in [0.4, 0.5) is 5.82 Å². The summed E-state index contributed by atoms with van der Waals surface area (Å²) in [5, 5.41) is 1.66. The van der Waals surface area contributed by atoms with Crippen molar-refractivity contribution >= 4 is 28.3 Å². The summed E-state index contributed by atoms with van der Waals surface area (Å²) in [7, 11) is 0. The van der Waals surface area contributed by atoms with Crippen LogP contribution in [0.2, 0.25) is 5.02 Å². The van der Waals surface area contributed by atoms with Gasteiger partial charge in [0, 0.05) is 10.4 Å². The molecule has 0 saturated carbocycles. The number of fused-ring (bicyclic) bond motifs is 1.